The maximum atomic E-state index is 10.7. The summed E-state index contributed by atoms with van der Waals surface area (Å²) in [6.07, 6.45) is 3.52. The molecular weight excluding hydrogens is 404 g/mol. The lowest BCUT2D eigenvalue weighted by Crippen LogP contribution is -2.12. The van der Waals surface area contributed by atoms with Gasteiger partial charge in [0, 0.05) is 46.5 Å². The van der Waals surface area contributed by atoms with Crippen molar-refractivity contribution in [2.45, 2.75) is 6.54 Å². The number of nitrogens with zero attached hydrogens (tertiary/aromatic N) is 3. The number of fused-ring (bicyclic) bond motifs is 2. The molecule has 3 aromatic heterocycles. The molecule has 3 heterocycles. The van der Waals surface area contributed by atoms with Gasteiger partial charge < -0.3 is 26.3 Å². The average Bonchev–Trinajstić information content (AvgIpc) is 3.17. The number of pyridine rings is 2. The number of anilines is 1. The molecule has 0 amide bonds. The number of H-pyrrole nitrogens is 1. The number of rotatable bonds is 5. The number of para-hydroxylation sites is 1. The Morgan fingerprint density at radius 1 is 1.03 bits per heavy atom. The summed E-state index contributed by atoms with van der Waals surface area (Å²) in [7, 11) is 0. The van der Waals surface area contributed by atoms with E-state index in [1.165, 1.54) is 0 Å². The first-order valence-electron chi connectivity index (χ1n) is 9.99. The fraction of sp³-hybridized carbons (Fsp3) is 0.0417. The molecule has 5 rings (SSSR count). The third-order valence-corrected chi connectivity index (χ3v) is 5.39. The minimum Gasteiger partial charge on any atom is -0.494 e. The van der Waals surface area contributed by atoms with E-state index in [4.69, 9.17) is 15.9 Å². The number of aromatic hydroxyl groups is 1. The SMILES string of the molecule is N/C(=N\O)c1ccc2[nH]c(O)c(-c3cc(NCc4ccncc4)c4ccccc4n3)c2c1. The van der Waals surface area contributed by atoms with Crippen LogP contribution < -0.4 is 11.1 Å². The average molecular weight is 424 g/mol. The van der Waals surface area contributed by atoms with Crippen LogP contribution in [0.1, 0.15) is 11.1 Å². The van der Waals surface area contributed by atoms with E-state index < -0.39 is 0 Å². The molecule has 32 heavy (non-hydrogen) atoms. The van der Waals surface area contributed by atoms with E-state index in [1.807, 2.05) is 42.5 Å². The summed E-state index contributed by atoms with van der Waals surface area (Å²) in [5.41, 5.74) is 11.0. The molecule has 8 nitrogen and oxygen atoms in total. The topological polar surface area (TPSA) is 132 Å². The maximum absolute atomic E-state index is 10.7. The van der Waals surface area contributed by atoms with Gasteiger partial charge in [0.15, 0.2) is 11.7 Å². The van der Waals surface area contributed by atoms with Crippen molar-refractivity contribution in [3.05, 3.63) is 84.2 Å². The van der Waals surface area contributed by atoms with Gasteiger partial charge in [-0.1, -0.05) is 23.4 Å². The molecule has 0 atom stereocenters. The van der Waals surface area contributed by atoms with Gasteiger partial charge in [-0.2, -0.15) is 0 Å². The monoisotopic (exact) mass is 424 g/mol. The summed E-state index contributed by atoms with van der Waals surface area (Å²) >= 11 is 0. The van der Waals surface area contributed by atoms with Gasteiger partial charge in [0.25, 0.3) is 0 Å². The molecule has 0 saturated carbocycles. The number of oxime groups is 1. The standard InChI is InChI=1S/C24H20N6O2/c25-23(30-32)15-5-6-19-17(11-15)22(24(31)29-19)21-12-20(16-3-1-2-4-18(16)28-21)27-13-14-7-9-26-10-8-14/h1-12,29,31-32H,13H2,(H2,25,30)(H,27,28). The Morgan fingerprint density at radius 2 is 1.84 bits per heavy atom. The predicted molar refractivity (Wildman–Crippen MR) is 125 cm³/mol. The van der Waals surface area contributed by atoms with Gasteiger partial charge >= 0.3 is 0 Å². The minimum absolute atomic E-state index is 0.000441. The zero-order valence-corrected chi connectivity index (χ0v) is 16.9. The molecule has 2 aromatic carbocycles. The second kappa shape index (κ2) is 7.92. The van der Waals surface area contributed by atoms with Crippen molar-refractivity contribution in [2.75, 3.05) is 5.32 Å². The Morgan fingerprint density at radius 3 is 2.66 bits per heavy atom. The number of amidine groups is 1. The van der Waals surface area contributed by atoms with Crippen LogP contribution in [0.2, 0.25) is 0 Å². The van der Waals surface area contributed by atoms with E-state index in [-0.39, 0.29) is 11.7 Å². The van der Waals surface area contributed by atoms with Crippen molar-refractivity contribution in [1.29, 1.82) is 0 Å². The number of aromatic amines is 1. The lowest BCUT2D eigenvalue weighted by atomic mass is 10.0. The van der Waals surface area contributed by atoms with Crippen LogP contribution in [0.5, 0.6) is 5.88 Å². The quantitative estimate of drug-likeness (QED) is 0.124. The summed E-state index contributed by atoms with van der Waals surface area (Å²) in [4.78, 5) is 11.8. The Hall–Kier alpha value is -4.59. The van der Waals surface area contributed by atoms with Gasteiger partial charge in [-0.3, -0.25) is 4.98 Å². The van der Waals surface area contributed by atoms with Crippen LogP contribution in [0.25, 0.3) is 33.1 Å². The molecule has 0 spiro atoms. The lowest BCUT2D eigenvalue weighted by Gasteiger charge is -2.12. The number of nitrogens with one attached hydrogen (secondary N) is 2. The molecule has 0 aliphatic carbocycles. The first kappa shape index (κ1) is 19.4. The third-order valence-electron chi connectivity index (χ3n) is 5.39. The zero-order chi connectivity index (χ0) is 22.1. The number of hydrogen-bond acceptors (Lipinski definition) is 6. The van der Waals surface area contributed by atoms with E-state index >= 15 is 0 Å². The van der Waals surface area contributed by atoms with Gasteiger partial charge in [-0.25, -0.2) is 4.98 Å². The summed E-state index contributed by atoms with van der Waals surface area (Å²) in [6.45, 7) is 0.615. The van der Waals surface area contributed by atoms with Gasteiger partial charge in [-0.05, 0) is 48.0 Å². The molecule has 8 heteroatoms. The van der Waals surface area contributed by atoms with E-state index in [2.05, 4.69) is 20.4 Å². The summed E-state index contributed by atoms with van der Waals surface area (Å²) in [5, 5.41) is 28.0. The number of nitrogens with two attached hydrogens (primary N) is 1. The number of benzene rings is 2. The third kappa shape index (κ3) is 3.43. The van der Waals surface area contributed by atoms with Crippen LogP contribution in [-0.4, -0.2) is 31.1 Å². The van der Waals surface area contributed by atoms with E-state index in [0.29, 0.717) is 28.9 Å². The molecule has 6 N–H and O–H groups in total. The van der Waals surface area contributed by atoms with Crippen LogP contribution in [0.4, 0.5) is 5.69 Å². The highest BCUT2D eigenvalue weighted by atomic mass is 16.4. The maximum Gasteiger partial charge on any atom is 0.199 e. The van der Waals surface area contributed by atoms with Crippen molar-refractivity contribution < 1.29 is 10.3 Å². The normalized spacial score (nSPS) is 11.8. The smallest absolute Gasteiger partial charge is 0.199 e. The van der Waals surface area contributed by atoms with Crippen molar-refractivity contribution in [3.8, 4) is 17.1 Å². The first-order chi connectivity index (χ1) is 15.6. The van der Waals surface area contributed by atoms with Crippen LogP contribution in [0.3, 0.4) is 0 Å². The highest BCUT2D eigenvalue weighted by molar-refractivity contribution is 6.06. The largest absolute Gasteiger partial charge is 0.494 e. The molecular formula is C24H20N6O2. The van der Waals surface area contributed by atoms with Crippen molar-refractivity contribution >= 4 is 33.3 Å². The van der Waals surface area contributed by atoms with Gasteiger partial charge in [0.1, 0.15) is 0 Å². The molecule has 0 bridgehead atoms. The molecule has 0 saturated heterocycles. The molecule has 0 fully saturated rings. The first-order valence-corrected chi connectivity index (χ1v) is 9.99. The van der Waals surface area contributed by atoms with Gasteiger partial charge in [-0.15, -0.1) is 0 Å². The molecule has 0 aliphatic rings. The van der Waals surface area contributed by atoms with Crippen molar-refractivity contribution in [2.24, 2.45) is 10.9 Å². The van der Waals surface area contributed by atoms with Crippen LogP contribution in [0.15, 0.2) is 78.2 Å². The van der Waals surface area contributed by atoms with Crippen molar-refractivity contribution in [3.63, 3.8) is 0 Å². The van der Waals surface area contributed by atoms with Crippen LogP contribution in [0, 0.1) is 0 Å². The Bertz CT molecular complexity index is 1460. The fourth-order valence-electron chi connectivity index (χ4n) is 3.80. The van der Waals surface area contributed by atoms with Crippen molar-refractivity contribution in [1.82, 2.24) is 15.0 Å². The molecule has 0 unspecified atom stereocenters. The van der Waals surface area contributed by atoms with Gasteiger partial charge in [0.05, 0.1) is 16.8 Å². The number of aromatic nitrogens is 3. The molecule has 0 aliphatic heterocycles. The Labute approximate surface area is 183 Å². The molecule has 5 aromatic rings. The summed E-state index contributed by atoms with van der Waals surface area (Å²) < 4.78 is 0. The Balaban J connectivity index is 1.66. The van der Waals surface area contributed by atoms with Gasteiger partial charge in [0.2, 0.25) is 0 Å². The lowest BCUT2D eigenvalue weighted by molar-refractivity contribution is 0.318. The summed E-state index contributed by atoms with van der Waals surface area (Å²) in [6, 6.07) is 18.9. The van der Waals surface area contributed by atoms with Crippen LogP contribution in [-0.2, 0) is 6.54 Å². The van der Waals surface area contributed by atoms with E-state index in [1.54, 1.807) is 30.6 Å². The molecule has 0 radical (unpaired) electrons. The van der Waals surface area contributed by atoms with E-state index in [0.717, 1.165) is 27.5 Å². The highest BCUT2D eigenvalue weighted by Gasteiger charge is 2.17. The van der Waals surface area contributed by atoms with E-state index in [9.17, 15) is 5.11 Å². The second-order valence-electron chi connectivity index (χ2n) is 7.38. The number of hydrogen-bond donors (Lipinski definition) is 5. The van der Waals surface area contributed by atoms with Crippen LogP contribution >= 0.6 is 0 Å². The zero-order valence-electron chi connectivity index (χ0n) is 16.9. The highest BCUT2D eigenvalue weighted by Crippen LogP contribution is 2.38. The minimum atomic E-state index is -0.00952. The fourth-order valence-corrected chi connectivity index (χ4v) is 3.80. The Kier molecular flexibility index (Phi) is 4.79. The summed E-state index contributed by atoms with van der Waals surface area (Å²) in [5.74, 6) is -0.00996. The second-order valence-corrected chi connectivity index (χ2v) is 7.38. The predicted octanol–water partition coefficient (Wildman–Crippen LogP) is 4.19. The molecule has 158 valence electrons.